The van der Waals surface area contributed by atoms with Gasteiger partial charge in [-0.15, -0.1) is 0 Å². The van der Waals surface area contributed by atoms with Gasteiger partial charge in [0.15, 0.2) is 14.7 Å². The fourth-order valence-corrected chi connectivity index (χ4v) is 4.70. The van der Waals surface area contributed by atoms with Crippen molar-refractivity contribution in [2.45, 2.75) is 21.6 Å². The van der Waals surface area contributed by atoms with E-state index in [-0.39, 0.29) is 10.9 Å². The molecule has 3 aromatic carbocycles. The van der Waals surface area contributed by atoms with Crippen molar-refractivity contribution in [1.82, 2.24) is 0 Å². The molecule has 0 aliphatic heterocycles. The first-order valence-corrected chi connectivity index (χ1v) is 10.3. The van der Waals surface area contributed by atoms with Gasteiger partial charge in [0.1, 0.15) is 0 Å². The highest BCUT2D eigenvalue weighted by molar-refractivity contribution is 9.10. The molecule has 2 nitrogen and oxygen atoms in total. The number of aliphatic carboxylic acids is 1. The van der Waals surface area contributed by atoms with E-state index in [1.54, 1.807) is 0 Å². The van der Waals surface area contributed by atoms with Crippen LogP contribution in [-0.2, 0) is 15.7 Å². The smallest absolute Gasteiger partial charge is 0.166 e. The molecular formula is C20H16Br2O2S. The van der Waals surface area contributed by atoms with Gasteiger partial charge >= 0.3 is 0 Å². The molecule has 0 spiro atoms. The molecule has 0 unspecified atom stereocenters. The van der Waals surface area contributed by atoms with Crippen LogP contribution in [0.5, 0.6) is 0 Å². The molecule has 3 aromatic rings. The number of carbonyl (C=O) groups excluding carboxylic acids is 1. The van der Waals surface area contributed by atoms with E-state index in [9.17, 15) is 0 Å². The predicted molar refractivity (Wildman–Crippen MR) is 108 cm³/mol. The molecule has 0 N–H and O–H groups in total. The Morgan fingerprint density at radius 1 is 0.720 bits per heavy atom. The summed E-state index contributed by atoms with van der Waals surface area (Å²) in [7, 11) is -0.0728. The zero-order valence-electron chi connectivity index (χ0n) is 13.5. The summed E-state index contributed by atoms with van der Waals surface area (Å²) in [6.45, 7) is 0.972. The number of hydrogen-bond donors (Lipinski definition) is 0. The Balaban J connectivity index is 0.000000511. The van der Waals surface area contributed by atoms with E-state index in [0.29, 0.717) is 0 Å². The van der Waals surface area contributed by atoms with Crippen LogP contribution in [0.15, 0.2) is 102 Å². The van der Waals surface area contributed by atoms with E-state index >= 15 is 0 Å². The second-order valence-electron chi connectivity index (χ2n) is 5.02. The third-order valence-corrected chi connectivity index (χ3v) is 6.37. The maximum Gasteiger partial charge on any atom is 0.166 e. The minimum atomic E-state index is -1.08. The number of rotatable bonds is 3. The Kier molecular flexibility index (Phi) is 7.75. The molecule has 0 saturated heterocycles. The van der Waals surface area contributed by atoms with Crippen LogP contribution in [0.25, 0.3) is 0 Å². The molecule has 5 heteroatoms. The Morgan fingerprint density at radius 2 is 1.04 bits per heavy atom. The van der Waals surface area contributed by atoms with Gasteiger partial charge in [-0.05, 0) is 67.6 Å². The standard InChI is InChI=1S/C18H13Br2S.C2H4O2/c19-14-6-10-17(11-7-14)21(16-4-2-1-3-5-16)18-12-8-15(20)9-13-18;1-2(3)4/h1-13H;1H3,(H,3,4)/q+1;/p-1. The molecule has 0 fully saturated rings. The molecule has 0 bridgehead atoms. The summed E-state index contributed by atoms with van der Waals surface area (Å²) >= 11 is 7.03. The predicted octanol–water partition coefficient (Wildman–Crippen LogP) is 5.06. The van der Waals surface area contributed by atoms with E-state index < -0.39 is 5.97 Å². The molecule has 3 rings (SSSR count). The van der Waals surface area contributed by atoms with E-state index in [0.717, 1.165) is 15.9 Å². The van der Waals surface area contributed by atoms with Crippen molar-refractivity contribution in [2.75, 3.05) is 0 Å². The minimum absolute atomic E-state index is 0.0728. The van der Waals surface area contributed by atoms with E-state index in [1.807, 2.05) is 0 Å². The SMILES string of the molecule is Brc1ccc([S+](c2ccccc2)c2ccc(Br)cc2)cc1.CC(=O)[O-]. The lowest BCUT2D eigenvalue weighted by atomic mass is 10.4. The Bertz CT molecular complexity index is 754. The zero-order chi connectivity index (χ0) is 18.2. The molecule has 25 heavy (non-hydrogen) atoms. The zero-order valence-corrected chi connectivity index (χ0v) is 17.5. The summed E-state index contributed by atoms with van der Waals surface area (Å²) in [5.74, 6) is -1.08. The number of halogens is 2. The van der Waals surface area contributed by atoms with Gasteiger partial charge in [-0.1, -0.05) is 50.1 Å². The fraction of sp³-hybridized carbons (Fsp3) is 0.0500. The van der Waals surface area contributed by atoms with E-state index in [2.05, 4.69) is 111 Å². The van der Waals surface area contributed by atoms with E-state index in [4.69, 9.17) is 9.90 Å². The van der Waals surface area contributed by atoms with E-state index in [1.165, 1.54) is 14.7 Å². The topological polar surface area (TPSA) is 40.1 Å². The Morgan fingerprint density at radius 3 is 1.40 bits per heavy atom. The normalized spacial score (nSPS) is 10.1. The molecule has 0 saturated carbocycles. The molecular weight excluding hydrogens is 464 g/mol. The molecule has 0 aliphatic carbocycles. The summed E-state index contributed by atoms with van der Waals surface area (Å²) in [5, 5.41) is 8.89. The number of carboxylic acids is 1. The van der Waals surface area contributed by atoms with Crippen LogP contribution in [0.4, 0.5) is 0 Å². The Hall–Kier alpha value is -1.56. The summed E-state index contributed by atoms with van der Waals surface area (Å²) in [6.07, 6.45) is 0. The van der Waals surface area contributed by atoms with Crippen molar-refractivity contribution in [3.63, 3.8) is 0 Å². The highest BCUT2D eigenvalue weighted by Crippen LogP contribution is 2.32. The van der Waals surface area contributed by atoms with Crippen LogP contribution in [0, 0.1) is 0 Å². The lowest BCUT2D eigenvalue weighted by Gasteiger charge is -2.08. The first-order valence-electron chi connectivity index (χ1n) is 7.45. The number of hydrogen-bond acceptors (Lipinski definition) is 2. The lowest BCUT2D eigenvalue weighted by Crippen LogP contribution is -2.16. The van der Waals surface area contributed by atoms with Crippen molar-refractivity contribution in [3.8, 4) is 0 Å². The highest BCUT2D eigenvalue weighted by atomic mass is 79.9. The van der Waals surface area contributed by atoms with Gasteiger partial charge in [-0.25, -0.2) is 0 Å². The van der Waals surface area contributed by atoms with Crippen LogP contribution in [0.2, 0.25) is 0 Å². The average molecular weight is 480 g/mol. The lowest BCUT2D eigenvalue weighted by molar-refractivity contribution is -0.302. The summed E-state index contributed by atoms with van der Waals surface area (Å²) < 4.78 is 2.22. The maximum atomic E-state index is 8.89. The fourth-order valence-electron chi connectivity index (χ4n) is 2.11. The van der Waals surface area contributed by atoms with Gasteiger partial charge in [0, 0.05) is 14.9 Å². The number of carbonyl (C=O) groups is 1. The molecule has 128 valence electrons. The molecule has 0 heterocycles. The van der Waals surface area contributed by atoms with Gasteiger partial charge < -0.3 is 9.90 Å². The van der Waals surface area contributed by atoms with Gasteiger partial charge in [0.2, 0.25) is 0 Å². The van der Waals surface area contributed by atoms with Crippen LogP contribution in [-0.4, -0.2) is 5.97 Å². The maximum absolute atomic E-state index is 8.89. The van der Waals surface area contributed by atoms with Gasteiger partial charge in [0.05, 0.1) is 10.9 Å². The van der Waals surface area contributed by atoms with Crippen molar-refractivity contribution < 1.29 is 9.90 Å². The van der Waals surface area contributed by atoms with Crippen molar-refractivity contribution in [3.05, 3.63) is 87.8 Å². The first-order chi connectivity index (χ1) is 12.0. The summed E-state index contributed by atoms with van der Waals surface area (Å²) in [6, 6.07) is 27.9. The van der Waals surface area contributed by atoms with Crippen molar-refractivity contribution in [1.29, 1.82) is 0 Å². The average Bonchev–Trinajstić information content (AvgIpc) is 2.59. The largest absolute Gasteiger partial charge is 0.550 e. The molecule has 0 atom stereocenters. The van der Waals surface area contributed by atoms with Crippen molar-refractivity contribution >= 4 is 48.7 Å². The van der Waals surface area contributed by atoms with Gasteiger partial charge in [-0.2, -0.15) is 0 Å². The van der Waals surface area contributed by atoms with Crippen LogP contribution >= 0.6 is 31.9 Å². The summed E-state index contributed by atoms with van der Waals surface area (Å²) in [5.41, 5.74) is 0. The molecule has 0 radical (unpaired) electrons. The van der Waals surface area contributed by atoms with Crippen LogP contribution in [0.1, 0.15) is 6.92 Å². The second kappa shape index (κ2) is 9.80. The monoisotopic (exact) mass is 478 g/mol. The van der Waals surface area contributed by atoms with Crippen LogP contribution in [0.3, 0.4) is 0 Å². The quantitative estimate of drug-likeness (QED) is 0.492. The second-order valence-corrected chi connectivity index (χ2v) is 8.88. The van der Waals surface area contributed by atoms with Crippen molar-refractivity contribution in [2.24, 2.45) is 0 Å². The number of benzene rings is 3. The highest BCUT2D eigenvalue weighted by Gasteiger charge is 2.28. The minimum Gasteiger partial charge on any atom is -0.550 e. The molecule has 0 aliphatic rings. The molecule has 0 amide bonds. The third-order valence-electron chi connectivity index (χ3n) is 3.08. The van der Waals surface area contributed by atoms with Gasteiger partial charge in [-0.3, -0.25) is 0 Å². The van der Waals surface area contributed by atoms with Crippen LogP contribution < -0.4 is 5.11 Å². The Labute approximate surface area is 167 Å². The number of carboxylic acid groups (broad SMARTS) is 1. The first kappa shape index (κ1) is 19.8. The molecule has 0 aromatic heterocycles. The third kappa shape index (κ3) is 6.34. The van der Waals surface area contributed by atoms with Gasteiger partial charge in [0.25, 0.3) is 0 Å². The summed E-state index contributed by atoms with van der Waals surface area (Å²) in [4.78, 5) is 12.9.